The zero-order valence-electron chi connectivity index (χ0n) is 8.65. The highest BCUT2D eigenvalue weighted by atomic mass is 16.1. The van der Waals surface area contributed by atoms with E-state index in [-0.39, 0.29) is 17.7 Å². The van der Waals surface area contributed by atoms with Gasteiger partial charge in [0.05, 0.1) is 5.92 Å². The number of carbonyl (C=O) groups is 1. The number of amides is 1. The number of hydrogen-bond acceptors (Lipinski definition) is 2. The van der Waals surface area contributed by atoms with Gasteiger partial charge in [-0.25, -0.2) is 0 Å². The number of piperidine rings is 1. The molecule has 1 aliphatic heterocycles. The molecule has 0 spiro atoms. The summed E-state index contributed by atoms with van der Waals surface area (Å²) in [5, 5.41) is 2.86. The SMILES string of the molecule is NC[C@@H]1C(=O)NCC[C@@H]1c1ccccc1. The third kappa shape index (κ3) is 2.02. The Bertz CT molecular complexity index is 337. The summed E-state index contributed by atoms with van der Waals surface area (Å²) in [6, 6.07) is 10.2. The first-order chi connectivity index (χ1) is 7.33. The molecule has 1 fully saturated rings. The number of nitrogens with one attached hydrogen (secondary N) is 1. The van der Waals surface area contributed by atoms with Crippen LogP contribution in [0, 0.1) is 5.92 Å². The summed E-state index contributed by atoms with van der Waals surface area (Å²) >= 11 is 0. The van der Waals surface area contributed by atoms with Gasteiger partial charge in [0.1, 0.15) is 0 Å². The lowest BCUT2D eigenvalue weighted by atomic mass is 9.81. The second kappa shape index (κ2) is 4.45. The van der Waals surface area contributed by atoms with Gasteiger partial charge in [0.2, 0.25) is 5.91 Å². The van der Waals surface area contributed by atoms with Crippen LogP contribution in [-0.4, -0.2) is 19.0 Å². The van der Waals surface area contributed by atoms with Gasteiger partial charge in [0.25, 0.3) is 0 Å². The Hall–Kier alpha value is -1.35. The fourth-order valence-electron chi connectivity index (χ4n) is 2.24. The van der Waals surface area contributed by atoms with Crippen LogP contribution in [0.1, 0.15) is 17.9 Å². The molecule has 3 nitrogen and oxygen atoms in total. The van der Waals surface area contributed by atoms with Crippen LogP contribution < -0.4 is 11.1 Å². The van der Waals surface area contributed by atoms with Gasteiger partial charge in [-0.3, -0.25) is 4.79 Å². The van der Waals surface area contributed by atoms with Gasteiger partial charge in [-0.15, -0.1) is 0 Å². The van der Waals surface area contributed by atoms with Crippen molar-refractivity contribution in [1.29, 1.82) is 0 Å². The molecule has 0 radical (unpaired) electrons. The number of nitrogens with two attached hydrogens (primary N) is 1. The minimum Gasteiger partial charge on any atom is -0.356 e. The van der Waals surface area contributed by atoms with Gasteiger partial charge in [-0.05, 0) is 17.9 Å². The van der Waals surface area contributed by atoms with Gasteiger partial charge in [0, 0.05) is 13.1 Å². The Morgan fingerprint density at radius 2 is 2.07 bits per heavy atom. The zero-order valence-corrected chi connectivity index (χ0v) is 8.65. The van der Waals surface area contributed by atoms with Crippen molar-refractivity contribution in [3.8, 4) is 0 Å². The summed E-state index contributed by atoms with van der Waals surface area (Å²) < 4.78 is 0. The fourth-order valence-corrected chi connectivity index (χ4v) is 2.24. The average molecular weight is 204 g/mol. The maximum atomic E-state index is 11.6. The van der Waals surface area contributed by atoms with Gasteiger partial charge in [-0.1, -0.05) is 30.3 Å². The van der Waals surface area contributed by atoms with E-state index >= 15 is 0 Å². The van der Waals surface area contributed by atoms with Crippen LogP contribution in [-0.2, 0) is 4.79 Å². The molecule has 0 unspecified atom stereocenters. The van der Waals surface area contributed by atoms with E-state index in [1.165, 1.54) is 5.56 Å². The van der Waals surface area contributed by atoms with Crippen molar-refractivity contribution in [1.82, 2.24) is 5.32 Å². The summed E-state index contributed by atoms with van der Waals surface area (Å²) in [5.41, 5.74) is 6.89. The van der Waals surface area contributed by atoms with E-state index in [1.807, 2.05) is 18.2 Å². The highest BCUT2D eigenvalue weighted by Gasteiger charge is 2.31. The van der Waals surface area contributed by atoms with E-state index in [2.05, 4.69) is 17.4 Å². The van der Waals surface area contributed by atoms with Crippen LogP contribution in [0.4, 0.5) is 0 Å². The molecule has 1 aromatic carbocycles. The molecule has 2 atom stereocenters. The summed E-state index contributed by atoms with van der Waals surface area (Å²) in [5.74, 6) is 0.309. The van der Waals surface area contributed by atoms with E-state index < -0.39 is 0 Å². The monoisotopic (exact) mass is 204 g/mol. The number of hydrogen-bond donors (Lipinski definition) is 2. The number of carbonyl (C=O) groups excluding carboxylic acids is 1. The molecule has 1 aromatic rings. The smallest absolute Gasteiger partial charge is 0.225 e. The molecule has 0 bridgehead atoms. The molecule has 1 heterocycles. The summed E-state index contributed by atoms with van der Waals surface area (Å²) in [6.45, 7) is 1.18. The molecule has 80 valence electrons. The molecule has 1 aliphatic rings. The van der Waals surface area contributed by atoms with Crippen molar-refractivity contribution in [2.24, 2.45) is 11.7 Å². The molecule has 1 amide bonds. The summed E-state index contributed by atoms with van der Waals surface area (Å²) in [7, 11) is 0. The molecule has 1 saturated heterocycles. The van der Waals surface area contributed by atoms with Crippen LogP contribution in [0.3, 0.4) is 0 Å². The quantitative estimate of drug-likeness (QED) is 0.751. The molecule has 3 N–H and O–H groups in total. The van der Waals surface area contributed by atoms with Crippen molar-refractivity contribution < 1.29 is 4.79 Å². The molecular weight excluding hydrogens is 188 g/mol. The highest BCUT2D eigenvalue weighted by molar-refractivity contribution is 5.80. The van der Waals surface area contributed by atoms with Crippen LogP contribution in [0.5, 0.6) is 0 Å². The molecule has 3 heteroatoms. The molecule has 0 aromatic heterocycles. The van der Waals surface area contributed by atoms with Gasteiger partial charge in [0.15, 0.2) is 0 Å². The van der Waals surface area contributed by atoms with Crippen LogP contribution in [0.2, 0.25) is 0 Å². The Balaban J connectivity index is 2.23. The molecular formula is C12H16N2O. The Morgan fingerprint density at radius 3 is 2.73 bits per heavy atom. The minimum atomic E-state index is -0.0684. The second-order valence-corrected chi connectivity index (χ2v) is 3.94. The zero-order chi connectivity index (χ0) is 10.7. The highest BCUT2D eigenvalue weighted by Crippen LogP contribution is 2.29. The van der Waals surface area contributed by atoms with Crippen molar-refractivity contribution in [2.45, 2.75) is 12.3 Å². The second-order valence-electron chi connectivity index (χ2n) is 3.94. The Kier molecular flexibility index (Phi) is 3.02. The maximum Gasteiger partial charge on any atom is 0.225 e. The Labute approximate surface area is 89.7 Å². The summed E-state index contributed by atoms with van der Waals surface area (Å²) in [4.78, 5) is 11.6. The lowest BCUT2D eigenvalue weighted by Crippen LogP contribution is -2.44. The van der Waals surface area contributed by atoms with Gasteiger partial charge < -0.3 is 11.1 Å². The first-order valence-electron chi connectivity index (χ1n) is 5.35. The van der Waals surface area contributed by atoms with E-state index in [9.17, 15) is 4.79 Å². The predicted molar refractivity (Wildman–Crippen MR) is 59.4 cm³/mol. The maximum absolute atomic E-state index is 11.6. The molecule has 15 heavy (non-hydrogen) atoms. The van der Waals surface area contributed by atoms with E-state index in [0.29, 0.717) is 6.54 Å². The largest absolute Gasteiger partial charge is 0.356 e. The molecule has 2 rings (SSSR count). The van der Waals surface area contributed by atoms with Crippen molar-refractivity contribution in [2.75, 3.05) is 13.1 Å². The normalized spacial score (nSPS) is 26.1. The topological polar surface area (TPSA) is 55.1 Å². The van der Waals surface area contributed by atoms with Gasteiger partial charge >= 0.3 is 0 Å². The van der Waals surface area contributed by atoms with E-state index in [1.54, 1.807) is 0 Å². The van der Waals surface area contributed by atoms with Crippen molar-refractivity contribution >= 4 is 5.91 Å². The standard InChI is InChI=1S/C12H16N2O/c13-8-11-10(6-7-14-12(11)15)9-4-2-1-3-5-9/h1-5,10-11H,6-8,13H2,(H,14,15)/t10-,11+/m1/s1. The third-order valence-electron chi connectivity index (χ3n) is 3.06. The first kappa shape index (κ1) is 10.2. The van der Waals surface area contributed by atoms with Crippen LogP contribution in [0.15, 0.2) is 30.3 Å². The predicted octanol–water partition coefficient (Wildman–Crippen LogP) is 0.865. The molecule has 0 aliphatic carbocycles. The van der Waals surface area contributed by atoms with Gasteiger partial charge in [-0.2, -0.15) is 0 Å². The van der Waals surface area contributed by atoms with Crippen molar-refractivity contribution in [3.05, 3.63) is 35.9 Å². The summed E-state index contributed by atoms with van der Waals surface area (Å²) in [6.07, 6.45) is 0.984. The first-order valence-corrected chi connectivity index (χ1v) is 5.35. The molecule has 0 saturated carbocycles. The van der Waals surface area contributed by atoms with E-state index in [4.69, 9.17) is 5.73 Å². The third-order valence-corrected chi connectivity index (χ3v) is 3.06. The number of benzene rings is 1. The van der Waals surface area contributed by atoms with Crippen molar-refractivity contribution in [3.63, 3.8) is 0 Å². The fraction of sp³-hybridized carbons (Fsp3) is 0.417. The Morgan fingerprint density at radius 1 is 1.33 bits per heavy atom. The van der Waals surface area contributed by atoms with E-state index in [0.717, 1.165) is 13.0 Å². The van der Waals surface area contributed by atoms with Crippen LogP contribution in [0.25, 0.3) is 0 Å². The minimum absolute atomic E-state index is 0.0684. The average Bonchev–Trinajstić information content (AvgIpc) is 2.30. The number of rotatable bonds is 2. The van der Waals surface area contributed by atoms with Crippen LogP contribution >= 0.6 is 0 Å². The lowest BCUT2D eigenvalue weighted by molar-refractivity contribution is -0.127. The lowest BCUT2D eigenvalue weighted by Gasteiger charge is -2.30.